The molecule has 2 rings (SSSR count). The highest BCUT2D eigenvalue weighted by Crippen LogP contribution is 2.20. The van der Waals surface area contributed by atoms with Crippen LogP contribution in [0.15, 0.2) is 0 Å². The molecule has 0 radical (unpaired) electrons. The fraction of sp³-hybridized carbons (Fsp3) is 0.900. The van der Waals surface area contributed by atoms with Gasteiger partial charge in [-0.25, -0.2) is 0 Å². The van der Waals surface area contributed by atoms with E-state index in [9.17, 15) is 4.79 Å². The Morgan fingerprint density at radius 2 is 2.00 bits per heavy atom. The van der Waals surface area contributed by atoms with Crippen LogP contribution in [0.2, 0.25) is 0 Å². The van der Waals surface area contributed by atoms with Crippen LogP contribution in [-0.4, -0.2) is 36.0 Å². The van der Waals surface area contributed by atoms with Crippen molar-refractivity contribution >= 4 is 5.91 Å². The molecule has 2 aliphatic rings. The zero-order chi connectivity index (χ0) is 9.26. The van der Waals surface area contributed by atoms with Gasteiger partial charge in [-0.1, -0.05) is 6.92 Å². The van der Waals surface area contributed by atoms with Crippen molar-refractivity contribution in [2.24, 2.45) is 0 Å². The highest BCUT2D eigenvalue weighted by atomic mass is 16.2. The smallest absolute Gasteiger partial charge is 0.222 e. The van der Waals surface area contributed by atoms with E-state index >= 15 is 0 Å². The minimum absolute atomic E-state index is 0.348. The van der Waals surface area contributed by atoms with Gasteiger partial charge >= 0.3 is 0 Å². The zero-order valence-electron chi connectivity index (χ0n) is 8.25. The second-order valence-corrected chi connectivity index (χ2v) is 4.19. The Balaban J connectivity index is 1.91. The fourth-order valence-electron chi connectivity index (χ4n) is 2.37. The summed E-state index contributed by atoms with van der Waals surface area (Å²) in [5, 5.41) is 3.52. The first-order valence-electron chi connectivity index (χ1n) is 5.33. The van der Waals surface area contributed by atoms with Gasteiger partial charge in [-0.15, -0.1) is 0 Å². The molecule has 2 atom stereocenters. The molecule has 0 aromatic carbocycles. The molecule has 2 unspecified atom stereocenters. The van der Waals surface area contributed by atoms with Crippen LogP contribution in [0.1, 0.15) is 32.6 Å². The number of nitrogens with one attached hydrogen (secondary N) is 1. The second-order valence-electron chi connectivity index (χ2n) is 4.19. The van der Waals surface area contributed by atoms with Crippen LogP contribution in [-0.2, 0) is 4.79 Å². The van der Waals surface area contributed by atoms with E-state index in [2.05, 4.69) is 12.2 Å². The van der Waals surface area contributed by atoms with Gasteiger partial charge < -0.3 is 10.2 Å². The molecule has 2 bridgehead atoms. The number of carbonyl (C=O) groups excluding carboxylic acids is 1. The van der Waals surface area contributed by atoms with Gasteiger partial charge in [-0.05, 0) is 19.3 Å². The molecule has 3 heteroatoms. The number of nitrogens with zero attached hydrogens (tertiary/aromatic N) is 1. The van der Waals surface area contributed by atoms with Crippen molar-refractivity contribution < 1.29 is 4.79 Å². The third kappa shape index (κ3) is 1.85. The van der Waals surface area contributed by atoms with Crippen molar-refractivity contribution in [1.29, 1.82) is 0 Å². The van der Waals surface area contributed by atoms with Gasteiger partial charge in [0.1, 0.15) is 0 Å². The highest BCUT2D eigenvalue weighted by Gasteiger charge is 2.33. The number of likely N-dealkylation sites (tertiary alicyclic amines) is 1. The maximum Gasteiger partial charge on any atom is 0.222 e. The molecule has 1 amide bonds. The number of hydrogen-bond acceptors (Lipinski definition) is 2. The Hall–Kier alpha value is -0.570. The van der Waals surface area contributed by atoms with Gasteiger partial charge in [-0.3, -0.25) is 4.79 Å². The molecule has 0 aliphatic carbocycles. The lowest BCUT2D eigenvalue weighted by molar-refractivity contribution is -0.132. The number of piperazine rings is 1. The van der Waals surface area contributed by atoms with Crippen molar-refractivity contribution in [2.75, 3.05) is 13.1 Å². The summed E-state index contributed by atoms with van der Waals surface area (Å²) >= 11 is 0. The van der Waals surface area contributed by atoms with E-state index in [1.165, 1.54) is 12.8 Å². The van der Waals surface area contributed by atoms with E-state index in [4.69, 9.17) is 0 Å². The lowest BCUT2D eigenvalue weighted by Gasteiger charge is -2.32. The van der Waals surface area contributed by atoms with E-state index in [0.717, 1.165) is 25.9 Å². The van der Waals surface area contributed by atoms with E-state index < -0.39 is 0 Å². The third-order valence-corrected chi connectivity index (χ3v) is 3.03. The monoisotopic (exact) mass is 182 g/mol. The molecular weight excluding hydrogens is 164 g/mol. The summed E-state index contributed by atoms with van der Waals surface area (Å²) in [6, 6.07) is 1.17. The SMILES string of the molecule is CCCC(=O)N1CC2CCC(C1)N2. The Morgan fingerprint density at radius 3 is 2.54 bits per heavy atom. The van der Waals surface area contributed by atoms with Crippen molar-refractivity contribution in [1.82, 2.24) is 10.2 Å². The lowest BCUT2D eigenvalue weighted by Crippen LogP contribution is -2.52. The topological polar surface area (TPSA) is 32.3 Å². The average Bonchev–Trinajstić information content (AvgIpc) is 2.46. The molecule has 2 aliphatic heterocycles. The van der Waals surface area contributed by atoms with E-state index in [1.54, 1.807) is 0 Å². The largest absolute Gasteiger partial charge is 0.340 e. The van der Waals surface area contributed by atoms with Crippen LogP contribution >= 0.6 is 0 Å². The van der Waals surface area contributed by atoms with E-state index in [1.807, 2.05) is 4.90 Å². The van der Waals surface area contributed by atoms with Gasteiger partial charge in [0.15, 0.2) is 0 Å². The summed E-state index contributed by atoms with van der Waals surface area (Å²) in [7, 11) is 0. The van der Waals surface area contributed by atoms with Crippen LogP contribution in [0.5, 0.6) is 0 Å². The zero-order valence-corrected chi connectivity index (χ0v) is 8.25. The molecule has 74 valence electrons. The molecule has 3 nitrogen and oxygen atoms in total. The number of amides is 1. The predicted molar refractivity (Wildman–Crippen MR) is 51.4 cm³/mol. The Bertz CT molecular complexity index is 193. The van der Waals surface area contributed by atoms with Gasteiger partial charge in [0, 0.05) is 31.6 Å². The van der Waals surface area contributed by atoms with Crippen LogP contribution in [0.3, 0.4) is 0 Å². The maximum absolute atomic E-state index is 11.6. The first-order valence-corrected chi connectivity index (χ1v) is 5.33. The van der Waals surface area contributed by atoms with Crippen LogP contribution in [0, 0.1) is 0 Å². The standard InChI is InChI=1S/C10H18N2O/c1-2-3-10(13)12-6-8-4-5-9(7-12)11-8/h8-9,11H,2-7H2,1H3. The summed E-state index contributed by atoms with van der Waals surface area (Å²) in [4.78, 5) is 13.7. The third-order valence-electron chi connectivity index (χ3n) is 3.03. The Morgan fingerprint density at radius 1 is 1.38 bits per heavy atom. The van der Waals surface area contributed by atoms with Gasteiger partial charge in [0.05, 0.1) is 0 Å². The quantitative estimate of drug-likeness (QED) is 0.683. The molecule has 2 saturated heterocycles. The Labute approximate surface area is 79.5 Å². The van der Waals surface area contributed by atoms with Crippen LogP contribution < -0.4 is 5.32 Å². The molecule has 2 fully saturated rings. The van der Waals surface area contributed by atoms with E-state index in [-0.39, 0.29) is 0 Å². The summed E-state index contributed by atoms with van der Waals surface area (Å²) in [6.07, 6.45) is 4.19. The van der Waals surface area contributed by atoms with Crippen molar-refractivity contribution in [3.8, 4) is 0 Å². The predicted octanol–water partition coefficient (Wildman–Crippen LogP) is 0.749. The molecular formula is C10H18N2O. The molecule has 13 heavy (non-hydrogen) atoms. The van der Waals surface area contributed by atoms with Gasteiger partial charge in [-0.2, -0.15) is 0 Å². The molecule has 0 saturated carbocycles. The molecule has 0 aromatic rings. The summed E-state index contributed by atoms with van der Waals surface area (Å²) in [6.45, 7) is 3.94. The van der Waals surface area contributed by atoms with Crippen molar-refractivity contribution in [2.45, 2.75) is 44.7 Å². The van der Waals surface area contributed by atoms with E-state index in [0.29, 0.717) is 18.0 Å². The molecule has 0 aromatic heterocycles. The number of rotatable bonds is 2. The molecule has 0 spiro atoms. The molecule has 2 heterocycles. The van der Waals surface area contributed by atoms with Gasteiger partial charge in [0.25, 0.3) is 0 Å². The molecule has 1 N–H and O–H groups in total. The summed E-state index contributed by atoms with van der Waals surface area (Å²) in [5.41, 5.74) is 0. The minimum Gasteiger partial charge on any atom is -0.340 e. The second kappa shape index (κ2) is 3.66. The van der Waals surface area contributed by atoms with Crippen molar-refractivity contribution in [3.63, 3.8) is 0 Å². The highest BCUT2D eigenvalue weighted by molar-refractivity contribution is 5.76. The van der Waals surface area contributed by atoms with Gasteiger partial charge in [0.2, 0.25) is 5.91 Å². The van der Waals surface area contributed by atoms with Crippen LogP contribution in [0.25, 0.3) is 0 Å². The number of hydrogen-bond donors (Lipinski definition) is 1. The van der Waals surface area contributed by atoms with Crippen molar-refractivity contribution in [3.05, 3.63) is 0 Å². The Kier molecular flexibility index (Phi) is 2.54. The maximum atomic E-state index is 11.6. The first kappa shape index (κ1) is 9.00. The minimum atomic E-state index is 0.348. The average molecular weight is 182 g/mol. The summed E-state index contributed by atoms with van der Waals surface area (Å²) < 4.78 is 0. The number of carbonyl (C=O) groups is 1. The van der Waals surface area contributed by atoms with Crippen LogP contribution in [0.4, 0.5) is 0 Å². The number of fused-ring (bicyclic) bond motifs is 2. The first-order chi connectivity index (χ1) is 6.29. The summed E-state index contributed by atoms with van der Waals surface area (Å²) in [5.74, 6) is 0.348. The fourth-order valence-corrected chi connectivity index (χ4v) is 2.37. The lowest BCUT2D eigenvalue weighted by atomic mass is 10.2. The normalized spacial score (nSPS) is 32.2.